The number of aliphatic hydroxyl groups excluding tert-OH is 2. The lowest BCUT2D eigenvalue weighted by Gasteiger charge is -2.28. The lowest BCUT2D eigenvalue weighted by atomic mass is 10.0. The number of nitrogens with two attached hydrogens (primary N) is 2. The molecule has 0 radical (unpaired) electrons. The van der Waals surface area contributed by atoms with Crippen LogP contribution in [0.1, 0.15) is 51.5 Å². The van der Waals surface area contributed by atoms with Crippen LogP contribution in [0.15, 0.2) is 30.3 Å². The molecule has 2 rings (SSSR count). The number of amides is 7. The van der Waals surface area contributed by atoms with Gasteiger partial charge in [0.25, 0.3) is 0 Å². The molecule has 1 aromatic rings. The van der Waals surface area contributed by atoms with Crippen LogP contribution >= 0.6 is 0 Å². The molecule has 1 fully saturated rings. The summed E-state index contributed by atoms with van der Waals surface area (Å²) in [6, 6.07) is 1.55. The molecule has 20 heteroatoms. The quantitative estimate of drug-likeness (QED) is 0.0496. The fourth-order valence-electron chi connectivity index (χ4n) is 5.52. The zero-order valence-corrected chi connectivity index (χ0v) is 30.4. The number of hydrogen-bond acceptors (Lipinski definition) is 12. The number of unbranched alkanes of at least 4 members (excludes halogenated alkanes) is 1. The molecule has 1 aliphatic rings. The molecule has 1 saturated heterocycles. The highest BCUT2D eigenvalue weighted by Gasteiger charge is 2.37. The molecule has 7 amide bonds. The number of hydrogen-bond donors (Lipinski definition) is 11. The van der Waals surface area contributed by atoms with E-state index in [1.807, 2.05) is 0 Å². The molecule has 1 aliphatic heterocycles. The second-order valence-electron chi connectivity index (χ2n) is 12.9. The first-order valence-electron chi connectivity index (χ1n) is 17.7. The monoisotopic (exact) mass is 763 g/mol. The van der Waals surface area contributed by atoms with Gasteiger partial charge in [-0.3, -0.25) is 33.6 Å². The second kappa shape index (κ2) is 22.8. The zero-order chi connectivity index (χ0) is 40.4. The van der Waals surface area contributed by atoms with Gasteiger partial charge in [0, 0.05) is 13.0 Å². The van der Waals surface area contributed by atoms with E-state index in [1.54, 1.807) is 30.3 Å². The molecule has 1 aromatic carbocycles. The van der Waals surface area contributed by atoms with Gasteiger partial charge in [-0.05, 0) is 51.6 Å². The summed E-state index contributed by atoms with van der Waals surface area (Å²) < 4.78 is 0. The van der Waals surface area contributed by atoms with Crippen molar-refractivity contribution in [1.29, 1.82) is 0 Å². The Morgan fingerprint density at radius 3 is 2.04 bits per heavy atom. The molecular weight excluding hydrogens is 710 g/mol. The fourth-order valence-corrected chi connectivity index (χ4v) is 5.52. The van der Waals surface area contributed by atoms with Gasteiger partial charge in [0.1, 0.15) is 24.2 Å². The van der Waals surface area contributed by atoms with E-state index in [0.29, 0.717) is 50.8 Å². The van der Waals surface area contributed by atoms with Crippen molar-refractivity contribution >= 4 is 47.3 Å². The largest absolute Gasteiger partial charge is 0.480 e. The lowest BCUT2D eigenvalue weighted by molar-refractivity contribution is -0.145. The van der Waals surface area contributed by atoms with E-state index in [1.165, 1.54) is 11.8 Å². The van der Waals surface area contributed by atoms with Crippen LogP contribution in [0, 0.1) is 0 Å². The van der Waals surface area contributed by atoms with Crippen molar-refractivity contribution in [1.82, 2.24) is 36.8 Å². The maximum absolute atomic E-state index is 13.5. The van der Waals surface area contributed by atoms with Gasteiger partial charge in [0.15, 0.2) is 6.04 Å². The van der Waals surface area contributed by atoms with Gasteiger partial charge < -0.3 is 63.6 Å². The van der Waals surface area contributed by atoms with Gasteiger partial charge in [-0.25, -0.2) is 4.79 Å². The van der Waals surface area contributed by atoms with Crippen LogP contribution in [0.3, 0.4) is 0 Å². The van der Waals surface area contributed by atoms with Crippen molar-refractivity contribution in [3.63, 3.8) is 0 Å². The van der Waals surface area contributed by atoms with Gasteiger partial charge in [-0.15, -0.1) is 0 Å². The van der Waals surface area contributed by atoms with Crippen LogP contribution in [-0.2, 0) is 44.8 Å². The Hall–Kier alpha value is -5.18. The average molecular weight is 764 g/mol. The normalized spacial score (nSPS) is 17.1. The Kier molecular flexibility index (Phi) is 19.0. The number of benzene rings is 1. The van der Waals surface area contributed by atoms with E-state index in [0.717, 1.165) is 6.92 Å². The lowest BCUT2D eigenvalue weighted by Crippen LogP contribution is -2.57. The Morgan fingerprint density at radius 2 is 1.46 bits per heavy atom. The number of carbonyl (C=O) groups excluding carboxylic acids is 7. The number of carboxylic acids is 1. The predicted octanol–water partition coefficient (Wildman–Crippen LogP) is -4.67. The van der Waals surface area contributed by atoms with Gasteiger partial charge in [0.2, 0.25) is 41.4 Å². The van der Waals surface area contributed by atoms with E-state index in [4.69, 9.17) is 16.6 Å². The van der Waals surface area contributed by atoms with E-state index >= 15 is 0 Å². The first-order valence-corrected chi connectivity index (χ1v) is 17.7. The molecule has 0 aliphatic carbocycles. The highest BCUT2D eigenvalue weighted by Crippen LogP contribution is 2.20. The summed E-state index contributed by atoms with van der Waals surface area (Å²) in [5, 5.41) is 42.2. The molecule has 13 N–H and O–H groups in total. The molecule has 20 nitrogen and oxygen atoms in total. The summed E-state index contributed by atoms with van der Waals surface area (Å²) in [6.45, 7) is 0.961. The summed E-state index contributed by atoms with van der Waals surface area (Å²) in [7, 11) is 0. The van der Waals surface area contributed by atoms with Crippen molar-refractivity contribution < 1.29 is 53.7 Å². The Morgan fingerprint density at radius 1 is 0.852 bits per heavy atom. The topological polar surface area (TPSA) is 325 Å². The standard InChI is InChI=1S/C34H53N9O11/c1-19(29(48)42-28(20(2)45)34(53)54)39-26(46)16-38-31(50)24(18-44)40-27(47)17-37-30(49)23(15-21-9-4-3-5-10-21)41-32(51)25-12-8-14-43(25)33(52)22(36)11-6-7-13-35/h3-5,9-10,19-20,22-25,28,44-45H,6-8,11-18,35-36H2,1-2H3,(H,37,49)(H,38,50)(H,39,46)(H,40,47)(H,41,51)(H,42,48)(H,53,54)/t19-,20+,22-,23-,24-,25-,28-/m0/s1. The molecule has 0 saturated carbocycles. The van der Waals surface area contributed by atoms with E-state index < -0.39 is 103 Å². The first-order chi connectivity index (χ1) is 25.6. The third-order valence-corrected chi connectivity index (χ3v) is 8.54. The molecule has 0 unspecified atom stereocenters. The van der Waals surface area contributed by atoms with Crippen molar-refractivity contribution in [2.45, 2.75) is 94.7 Å². The van der Waals surface area contributed by atoms with E-state index in [2.05, 4.69) is 31.9 Å². The summed E-state index contributed by atoms with van der Waals surface area (Å²) in [5.41, 5.74) is 12.3. The van der Waals surface area contributed by atoms with Crippen LogP contribution in [0.5, 0.6) is 0 Å². The van der Waals surface area contributed by atoms with Crippen molar-refractivity contribution in [3.05, 3.63) is 35.9 Å². The second-order valence-corrected chi connectivity index (χ2v) is 12.9. The van der Waals surface area contributed by atoms with Crippen LogP contribution in [0.25, 0.3) is 0 Å². The maximum Gasteiger partial charge on any atom is 0.328 e. The zero-order valence-electron chi connectivity index (χ0n) is 30.4. The number of nitrogens with zero attached hydrogens (tertiary/aromatic N) is 1. The van der Waals surface area contributed by atoms with E-state index in [9.17, 15) is 48.6 Å². The van der Waals surface area contributed by atoms with Gasteiger partial charge >= 0.3 is 5.97 Å². The number of carboxylic acid groups (broad SMARTS) is 1. The minimum absolute atomic E-state index is 0.0456. The number of nitrogens with one attached hydrogen (secondary N) is 6. The number of aliphatic hydroxyl groups is 2. The summed E-state index contributed by atoms with van der Waals surface area (Å²) in [6.07, 6.45) is 1.35. The minimum Gasteiger partial charge on any atom is -0.480 e. The Balaban J connectivity index is 1.96. The highest BCUT2D eigenvalue weighted by atomic mass is 16.4. The first kappa shape index (κ1) is 45.0. The van der Waals surface area contributed by atoms with Crippen LogP contribution in [0.4, 0.5) is 0 Å². The molecule has 0 spiro atoms. The average Bonchev–Trinajstić information content (AvgIpc) is 3.63. The predicted molar refractivity (Wildman–Crippen MR) is 192 cm³/mol. The molecule has 0 bridgehead atoms. The number of aliphatic carboxylic acids is 1. The van der Waals surface area contributed by atoms with Gasteiger partial charge in [0.05, 0.1) is 31.8 Å². The minimum atomic E-state index is -1.62. The molecule has 300 valence electrons. The maximum atomic E-state index is 13.5. The number of rotatable bonds is 22. The molecule has 0 aromatic heterocycles. The summed E-state index contributed by atoms with van der Waals surface area (Å²) in [4.78, 5) is 102. The van der Waals surface area contributed by atoms with Gasteiger partial charge in [-0.1, -0.05) is 36.8 Å². The fraction of sp³-hybridized carbons (Fsp3) is 0.588. The van der Waals surface area contributed by atoms with Crippen LogP contribution in [-0.4, -0.2) is 143 Å². The SMILES string of the molecule is C[C@H](NC(=O)CNC(=O)[C@H](CO)NC(=O)CNC(=O)[C@H](Cc1ccccc1)NC(=O)[C@@H]1CCCN1C(=O)[C@@H](N)CCCCN)C(=O)N[C@H](C(=O)O)[C@@H](C)O. The third-order valence-electron chi connectivity index (χ3n) is 8.54. The van der Waals surface area contributed by atoms with Crippen molar-refractivity contribution in [2.24, 2.45) is 11.5 Å². The molecular formula is C34H53N9O11. The summed E-state index contributed by atoms with van der Waals surface area (Å²) >= 11 is 0. The Labute approximate surface area is 312 Å². The summed E-state index contributed by atoms with van der Waals surface area (Å²) in [5.74, 6) is -6.80. The van der Waals surface area contributed by atoms with Gasteiger partial charge in [-0.2, -0.15) is 0 Å². The van der Waals surface area contributed by atoms with E-state index in [-0.39, 0.29) is 12.3 Å². The van der Waals surface area contributed by atoms with Crippen LogP contribution in [0.2, 0.25) is 0 Å². The highest BCUT2D eigenvalue weighted by molar-refractivity contribution is 5.96. The molecule has 54 heavy (non-hydrogen) atoms. The van der Waals surface area contributed by atoms with Crippen LogP contribution < -0.4 is 43.4 Å². The third kappa shape index (κ3) is 14.7. The number of carbonyl (C=O) groups is 8. The smallest absolute Gasteiger partial charge is 0.328 e. The molecule has 7 atom stereocenters. The Bertz CT molecular complexity index is 1460. The van der Waals surface area contributed by atoms with Crippen molar-refractivity contribution in [3.8, 4) is 0 Å². The van der Waals surface area contributed by atoms with Crippen molar-refractivity contribution in [2.75, 3.05) is 32.8 Å². The number of likely N-dealkylation sites (tertiary alicyclic amines) is 1. The molecule has 1 heterocycles.